The zero-order valence-electron chi connectivity index (χ0n) is 13.1. The van der Waals surface area contributed by atoms with E-state index in [-0.39, 0.29) is 11.5 Å². The van der Waals surface area contributed by atoms with Crippen molar-refractivity contribution in [3.05, 3.63) is 69.2 Å². The second-order valence-corrected chi connectivity index (χ2v) is 5.79. The monoisotopic (exact) mass is 373 g/mol. The van der Waals surface area contributed by atoms with Crippen LogP contribution in [0.25, 0.3) is 6.08 Å². The molecule has 7 heteroatoms. The van der Waals surface area contributed by atoms with E-state index in [9.17, 15) is 14.9 Å². The molecule has 0 fully saturated rings. The van der Waals surface area contributed by atoms with Crippen molar-refractivity contribution in [2.24, 2.45) is 0 Å². The van der Waals surface area contributed by atoms with Gasteiger partial charge in [-0.2, -0.15) is 5.26 Å². The Morgan fingerprint density at radius 1 is 1.12 bits per heavy atom. The molecular formula is C18H13Cl2N3O2. The van der Waals surface area contributed by atoms with Crippen molar-refractivity contribution in [3.8, 4) is 6.07 Å². The minimum absolute atomic E-state index is 0.108. The molecule has 0 atom stereocenters. The number of hydrogen-bond acceptors (Lipinski definition) is 3. The van der Waals surface area contributed by atoms with Crippen LogP contribution in [-0.4, -0.2) is 18.9 Å². The van der Waals surface area contributed by atoms with E-state index < -0.39 is 5.91 Å². The summed E-state index contributed by atoms with van der Waals surface area (Å²) in [6.07, 6.45) is 1.42. The van der Waals surface area contributed by atoms with Crippen LogP contribution in [0.3, 0.4) is 0 Å². The molecular weight excluding hydrogens is 361 g/mol. The fourth-order valence-corrected chi connectivity index (χ4v) is 2.31. The first-order valence-electron chi connectivity index (χ1n) is 7.15. The molecule has 2 rings (SSSR count). The van der Waals surface area contributed by atoms with E-state index in [1.54, 1.807) is 36.4 Å². The van der Waals surface area contributed by atoms with Crippen molar-refractivity contribution in [2.45, 2.75) is 0 Å². The fraction of sp³-hybridized carbons (Fsp3) is 0.0556. The lowest BCUT2D eigenvalue weighted by Gasteiger charge is -2.07. The van der Waals surface area contributed by atoms with E-state index in [1.165, 1.54) is 19.2 Å². The van der Waals surface area contributed by atoms with Crippen molar-refractivity contribution in [1.29, 1.82) is 5.26 Å². The van der Waals surface area contributed by atoms with Crippen LogP contribution < -0.4 is 10.6 Å². The summed E-state index contributed by atoms with van der Waals surface area (Å²) in [5, 5.41) is 15.0. The number of anilines is 1. The third-order valence-corrected chi connectivity index (χ3v) is 3.82. The van der Waals surface area contributed by atoms with E-state index in [0.29, 0.717) is 26.9 Å². The van der Waals surface area contributed by atoms with Gasteiger partial charge in [-0.3, -0.25) is 9.59 Å². The SMILES string of the molecule is CNC(=O)c1ccc(/C=C(/C#N)C(=O)Nc2cc(Cl)ccc2Cl)cc1. The number of benzene rings is 2. The average molecular weight is 374 g/mol. The number of nitrogens with one attached hydrogen (secondary N) is 2. The lowest BCUT2D eigenvalue weighted by Crippen LogP contribution is -2.17. The molecule has 2 amide bonds. The summed E-state index contributed by atoms with van der Waals surface area (Å²) in [5.74, 6) is -0.827. The number of carbonyl (C=O) groups is 2. The van der Waals surface area contributed by atoms with Gasteiger partial charge in [0.15, 0.2) is 0 Å². The maximum absolute atomic E-state index is 12.3. The highest BCUT2D eigenvalue weighted by atomic mass is 35.5. The molecule has 2 N–H and O–H groups in total. The van der Waals surface area contributed by atoms with E-state index >= 15 is 0 Å². The smallest absolute Gasteiger partial charge is 0.266 e. The number of carbonyl (C=O) groups excluding carboxylic acids is 2. The van der Waals surface area contributed by atoms with Gasteiger partial charge in [-0.05, 0) is 42.0 Å². The molecule has 0 aliphatic carbocycles. The molecule has 25 heavy (non-hydrogen) atoms. The molecule has 2 aromatic carbocycles. The summed E-state index contributed by atoms with van der Waals surface area (Å²) in [7, 11) is 1.54. The Morgan fingerprint density at radius 3 is 2.40 bits per heavy atom. The lowest BCUT2D eigenvalue weighted by atomic mass is 10.1. The topological polar surface area (TPSA) is 82.0 Å². The first-order chi connectivity index (χ1) is 11.9. The summed E-state index contributed by atoms with van der Waals surface area (Å²) in [5.41, 5.74) is 1.30. The summed E-state index contributed by atoms with van der Waals surface area (Å²) < 4.78 is 0. The number of nitriles is 1. The Kier molecular flexibility index (Phi) is 6.18. The summed E-state index contributed by atoms with van der Waals surface area (Å²) in [4.78, 5) is 23.8. The van der Waals surface area contributed by atoms with Gasteiger partial charge < -0.3 is 10.6 Å². The Labute approximate surface area is 154 Å². The Morgan fingerprint density at radius 2 is 1.80 bits per heavy atom. The van der Waals surface area contributed by atoms with Gasteiger partial charge in [-0.15, -0.1) is 0 Å². The first kappa shape index (κ1) is 18.5. The minimum atomic E-state index is -0.609. The van der Waals surface area contributed by atoms with Crippen molar-refractivity contribution >= 4 is 46.8 Å². The standard InChI is InChI=1S/C18H13Cl2N3O2/c1-22-17(24)12-4-2-11(3-5-12)8-13(10-21)18(25)23-16-9-14(19)6-7-15(16)20/h2-9H,1H3,(H,22,24)(H,23,25)/b13-8-. The van der Waals surface area contributed by atoms with Crippen LogP contribution in [0.15, 0.2) is 48.0 Å². The highest BCUT2D eigenvalue weighted by Gasteiger charge is 2.12. The summed E-state index contributed by atoms with van der Waals surface area (Å²) in [6.45, 7) is 0. The zero-order valence-corrected chi connectivity index (χ0v) is 14.7. The van der Waals surface area contributed by atoms with Gasteiger partial charge in [0.1, 0.15) is 11.6 Å². The van der Waals surface area contributed by atoms with Crippen LogP contribution in [0.1, 0.15) is 15.9 Å². The predicted molar refractivity (Wildman–Crippen MR) is 98.5 cm³/mol. The molecule has 0 aliphatic rings. The van der Waals surface area contributed by atoms with E-state index in [2.05, 4.69) is 10.6 Å². The average Bonchev–Trinajstić information content (AvgIpc) is 2.62. The molecule has 0 saturated heterocycles. The molecule has 0 spiro atoms. The molecule has 2 aromatic rings. The molecule has 5 nitrogen and oxygen atoms in total. The van der Waals surface area contributed by atoms with Gasteiger partial charge in [0.05, 0.1) is 10.7 Å². The van der Waals surface area contributed by atoms with Gasteiger partial charge >= 0.3 is 0 Å². The normalized spacial score (nSPS) is 10.7. The number of hydrogen-bond donors (Lipinski definition) is 2. The molecule has 126 valence electrons. The van der Waals surface area contributed by atoms with E-state index in [0.717, 1.165) is 0 Å². The van der Waals surface area contributed by atoms with Crippen LogP contribution in [0.2, 0.25) is 10.0 Å². The second kappa shape index (κ2) is 8.34. The summed E-state index contributed by atoms with van der Waals surface area (Å²) >= 11 is 11.9. The van der Waals surface area contributed by atoms with Crippen molar-refractivity contribution in [3.63, 3.8) is 0 Å². The number of rotatable bonds is 4. The molecule has 0 radical (unpaired) electrons. The number of amides is 2. The van der Waals surface area contributed by atoms with Gasteiger partial charge in [-0.25, -0.2) is 0 Å². The van der Waals surface area contributed by atoms with Crippen molar-refractivity contribution < 1.29 is 9.59 Å². The molecule has 0 aromatic heterocycles. The highest BCUT2D eigenvalue weighted by Crippen LogP contribution is 2.26. The number of nitrogens with zero attached hydrogens (tertiary/aromatic N) is 1. The maximum Gasteiger partial charge on any atom is 0.266 e. The Balaban J connectivity index is 2.22. The third kappa shape index (κ3) is 4.83. The predicted octanol–water partition coefficient (Wildman–Crippen LogP) is 3.90. The van der Waals surface area contributed by atoms with Crippen molar-refractivity contribution in [2.75, 3.05) is 12.4 Å². The lowest BCUT2D eigenvalue weighted by molar-refractivity contribution is -0.112. The van der Waals surface area contributed by atoms with Gasteiger partial charge in [0.25, 0.3) is 11.8 Å². The second-order valence-electron chi connectivity index (χ2n) is 4.95. The summed E-state index contributed by atoms with van der Waals surface area (Å²) in [6, 6.07) is 13.0. The quantitative estimate of drug-likeness (QED) is 0.629. The van der Waals surface area contributed by atoms with Gasteiger partial charge in [0, 0.05) is 17.6 Å². The molecule has 0 bridgehead atoms. The van der Waals surface area contributed by atoms with Crippen LogP contribution in [-0.2, 0) is 4.79 Å². The molecule has 0 aliphatic heterocycles. The molecule has 0 unspecified atom stereocenters. The highest BCUT2D eigenvalue weighted by molar-refractivity contribution is 6.36. The van der Waals surface area contributed by atoms with Crippen LogP contribution in [0.4, 0.5) is 5.69 Å². The zero-order chi connectivity index (χ0) is 18.4. The first-order valence-corrected chi connectivity index (χ1v) is 7.90. The minimum Gasteiger partial charge on any atom is -0.355 e. The van der Waals surface area contributed by atoms with E-state index in [1.807, 2.05) is 6.07 Å². The molecule has 0 saturated carbocycles. The van der Waals surface area contributed by atoms with Crippen LogP contribution in [0.5, 0.6) is 0 Å². The Bertz CT molecular complexity index is 884. The van der Waals surface area contributed by atoms with Gasteiger partial charge in [-0.1, -0.05) is 35.3 Å². The van der Waals surface area contributed by atoms with Crippen molar-refractivity contribution in [1.82, 2.24) is 5.32 Å². The largest absolute Gasteiger partial charge is 0.355 e. The van der Waals surface area contributed by atoms with Crippen LogP contribution in [0, 0.1) is 11.3 Å². The fourth-order valence-electron chi connectivity index (χ4n) is 1.97. The molecule has 0 heterocycles. The van der Waals surface area contributed by atoms with E-state index in [4.69, 9.17) is 23.2 Å². The Hall–Kier alpha value is -2.81. The third-order valence-electron chi connectivity index (χ3n) is 3.25. The van der Waals surface area contributed by atoms with Gasteiger partial charge in [0.2, 0.25) is 0 Å². The maximum atomic E-state index is 12.3. The number of halogens is 2. The van der Waals surface area contributed by atoms with Crippen LogP contribution >= 0.6 is 23.2 Å².